The zero-order chi connectivity index (χ0) is 33.8. The van der Waals surface area contributed by atoms with Crippen molar-refractivity contribution in [3.05, 3.63) is 229 Å². The van der Waals surface area contributed by atoms with Crippen LogP contribution in [0.3, 0.4) is 0 Å². The number of hydrogen-bond donors (Lipinski definition) is 0. The first kappa shape index (κ1) is 29.4. The number of rotatable bonds is 5. The lowest BCUT2D eigenvalue weighted by Gasteiger charge is -2.34. The number of benzene rings is 9. The highest BCUT2D eigenvalue weighted by Gasteiger charge is 2.46. The molecule has 10 rings (SSSR count). The zero-order valence-corrected chi connectivity index (χ0v) is 28.1. The average molecular weight is 647 g/mol. The standard InChI is InChI=1S/C51H34/c1-4-16-35(17-5-1)36-28-30-37(31-29-36)49-43-23-10-12-25-45(43)50(46-26-13-11-24-44(46)49)38-32-33-42-41-22-14-15-27-47(41)51(48(42)34-38,39-18-6-2-7-19-39)40-20-8-3-9-21-40/h1-34H. The fourth-order valence-corrected chi connectivity index (χ4v) is 8.81. The van der Waals surface area contributed by atoms with E-state index in [0.29, 0.717) is 0 Å². The molecule has 1 aliphatic carbocycles. The van der Waals surface area contributed by atoms with Gasteiger partial charge in [-0.1, -0.05) is 200 Å². The summed E-state index contributed by atoms with van der Waals surface area (Å²) in [7, 11) is 0. The summed E-state index contributed by atoms with van der Waals surface area (Å²) in [6, 6.07) is 76.0. The van der Waals surface area contributed by atoms with Gasteiger partial charge in [-0.25, -0.2) is 0 Å². The van der Waals surface area contributed by atoms with Gasteiger partial charge >= 0.3 is 0 Å². The second-order valence-corrected chi connectivity index (χ2v) is 13.6. The summed E-state index contributed by atoms with van der Waals surface area (Å²) in [4.78, 5) is 0. The van der Waals surface area contributed by atoms with Crippen LogP contribution in [0.25, 0.3) is 66.1 Å². The molecule has 0 heterocycles. The maximum atomic E-state index is 2.50. The van der Waals surface area contributed by atoms with E-state index in [0.717, 1.165) is 0 Å². The Balaban J connectivity index is 1.25. The van der Waals surface area contributed by atoms with Gasteiger partial charge in [0.2, 0.25) is 0 Å². The molecule has 0 heteroatoms. The van der Waals surface area contributed by atoms with Gasteiger partial charge in [-0.2, -0.15) is 0 Å². The highest BCUT2D eigenvalue weighted by molar-refractivity contribution is 6.21. The molecule has 0 aliphatic heterocycles. The topological polar surface area (TPSA) is 0 Å². The van der Waals surface area contributed by atoms with E-state index in [9.17, 15) is 0 Å². The Kier molecular flexibility index (Phi) is 6.82. The molecule has 0 bridgehead atoms. The van der Waals surface area contributed by atoms with Gasteiger partial charge in [-0.05, 0) is 94.4 Å². The van der Waals surface area contributed by atoms with Crippen molar-refractivity contribution in [2.24, 2.45) is 0 Å². The van der Waals surface area contributed by atoms with Crippen molar-refractivity contribution in [1.29, 1.82) is 0 Å². The summed E-state index contributed by atoms with van der Waals surface area (Å²) in [6.45, 7) is 0. The van der Waals surface area contributed by atoms with E-state index in [-0.39, 0.29) is 0 Å². The van der Waals surface area contributed by atoms with Gasteiger partial charge in [-0.15, -0.1) is 0 Å². The maximum Gasteiger partial charge on any atom is 0.0713 e. The van der Waals surface area contributed by atoms with Crippen molar-refractivity contribution in [1.82, 2.24) is 0 Å². The van der Waals surface area contributed by atoms with Crippen molar-refractivity contribution in [3.8, 4) is 44.5 Å². The molecule has 0 saturated heterocycles. The van der Waals surface area contributed by atoms with Crippen LogP contribution in [-0.4, -0.2) is 0 Å². The first-order valence-electron chi connectivity index (χ1n) is 17.8. The fraction of sp³-hybridized carbons (Fsp3) is 0.0196. The lowest BCUT2D eigenvalue weighted by molar-refractivity contribution is 0.769. The molecule has 1 aliphatic rings. The van der Waals surface area contributed by atoms with Crippen LogP contribution in [0.2, 0.25) is 0 Å². The van der Waals surface area contributed by atoms with Crippen molar-refractivity contribution in [3.63, 3.8) is 0 Å². The molecule has 0 spiro atoms. The van der Waals surface area contributed by atoms with Crippen LogP contribution in [0.5, 0.6) is 0 Å². The number of fused-ring (bicyclic) bond motifs is 5. The Morgan fingerprint density at radius 2 is 0.647 bits per heavy atom. The van der Waals surface area contributed by atoms with E-state index in [1.165, 1.54) is 88.3 Å². The van der Waals surface area contributed by atoms with Crippen LogP contribution < -0.4 is 0 Å². The van der Waals surface area contributed by atoms with E-state index in [4.69, 9.17) is 0 Å². The predicted octanol–water partition coefficient (Wildman–Crippen LogP) is 13.4. The van der Waals surface area contributed by atoms with Gasteiger partial charge in [0.25, 0.3) is 0 Å². The minimum atomic E-state index is -0.448. The summed E-state index contributed by atoms with van der Waals surface area (Å²) >= 11 is 0. The van der Waals surface area contributed by atoms with E-state index < -0.39 is 5.41 Å². The lowest BCUT2D eigenvalue weighted by atomic mass is 9.67. The second kappa shape index (κ2) is 11.8. The fourth-order valence-electron chi connectivity index (χ4n) is 8.81. The summed E-state index contributed by atoms with van der Waals surface area (Å²) in [5, 5.41) is 5.05. The molecule has 0 unspecified atom stereocenters. The quantitative estimate of drug-likeness (QED) is 0.163. The molecule has 0 amide bonds. The highest BCUT2D eigenvalue weighted by Crippen LogP contribution is 2.57. The van der Waals surface area contributed by atoms with Crippen LogP contribution in [0.1, 0.15) is 22.3 Å². The molecule has 0 aromatic heterocycles. The Hall–Kier alpha value is -6.50. The Morgan fingerprint density at radius 1 is 0.255 bits per heavy atom. The van der Waals surface area contributed by atoms with Gasteiger partial charge in [0.15, 0.2) is 0 Å². The van der Waals surface area contributed by atoms with Crippen LogP contribution in [0, 0.1) is 0 Å². The second-order valence-electron chi connectivity index (χ2n) is 13.6. The monoisotopic (exact) mass is 646 g/mol. The van der Waals surface area contributed by atoms with Crippen LogP contribution >= 0.6 is 0 Å². The van der Waals surface area contributed by atoms with Crippen LogP contribution in [0.4, 0.5) is 0 Å². The third kappa shape index (κ3) is 4.47. The van der Waals surface area contributed by atoms with Crippen molar-refractivity contribution in [2.75, 3.05) is 0 Å². The molecular formula is C51H34. The Labute approximate surface area is 298 Å². The largest absolute Gasteiger partial charge is 0.0713 e. The molecule has 238 valence electrons. The van der Waals surface area contributed by atoms with Crippen LogP contribution in [-0.2, 0) is 5.41 Å². The van der Waals surface area contributed by atoms with Crippen LogP contribution in [0.15, 0.2) is 206 Å². The van der Waals surface area contributed by atoms with Gasteiger partial charge in [0, 0.05) is 0 Å². The van der Waals surface area contributed by atoms with Gasteiger partial charge < -0.3 is 0 Å². The molecule has 0 N–H and O–H groups in total. The molecule has 0 atom stereocenters. The van der Waals surface area contributed by atoms with Crippen molar-refractivity contribution >= 4 is 21.5 Å². The van der Waals surface area contributed by atoms with Gasteiger partial charge in [0.1, 0.15) is 0 Å². The number of hydrogen-bond acceptors (Lipinski definition) is 0. The van der Waals surface area contributed by atoms with Gasteiger partial charge in [-0.3, -0.25) is 0 Å². The molecule has 0 fully saturated rings. The third-order valence-corrected chi connectivity index (χ3v) is 11.0. The lowest BCUT2D eigenvalue weighted by Crippen LogP contribution is -2.28. The van der Waals surface area contributed by atoms with Crippen molar-refractivity contribution in [2.45, 2.75) is 5.41 Å². The third-order valence-electron chi connectivity index (χ3n) is 11.0. The van der Waals surface area contributed by atoms with E-state index >= 15 is 0 Å². The summed E-state index contributed by atoms with van der Waals surface area (Å²) in [6.07, 6.45) is 0. The first-order chi connectivity index (χ1) is 25.3. The molecule has 0 radical (unpaired) electrons. The Morgan fingerprint density at radius 3 is 1.22 bits per heavy atom. The SMILES string of the molecule is c1ccc(-c2ccc(-c3c4ccccc4c(-c4ccc5c(c4)C(c4ccccc4)(c4ccccc4)c4ccccc4-5)c4ccccc34)cc2)cc1. The molecule has 51 heavy (non-hydrogen) atoms. The smallest absolute Gasteiger partial charge is 0.0622 e. The Bertz CT molecular complexity index is 2610. The predicted molar refractivity (Wildman–Crippen MR) is 215 cm³/mol. The molecular weight excluding hydrogens is 613 g/mol. The maximum absolute atomic E-state index is 2.50. The normalized spacial score (nSPS) is 12.9. The summed E-state index contributed by atoms with van der Waals surface area (Å²) in [5.41, 5.74) is 14.8. The minimum Gasteiger partial charge on any atom is -0.0622 e. The molecule has 9 aromatic rings. The van der Waals surface area contributed by atoms with E-state index in [1.807, 2.05) is 0 Å². The average Bonchev–Trinajstić information content (AvgIpc) is 3.51. The van der Waals surface area contributed by atoms with E-state index in [2.05, 4.69) is 206 Å². The first-order valence-corrected chi connectivity index (χ1v) is 17.8. The zero-order valence-electron chi connectivity index (χ0n) is 28.1. The molecule has 0 saturated carbocycles. The summed E-state index contributed by atoms with van der Waals surface area (Å²) in [5.74, 6) is 0. The highest BCUT2D eigenvalue weighted by atomic mass is 14.5. The van der Waals surface area contributed by atoms with E-state index in [1.54, 1.807) is 0 Å². The molecule has 9 aromatic carbocycles. The van der Waals surface area contributed by atoms with Gasteiger partial charge in [0.05, 0.1) is 5.41 Å². The summed E-state index contributed by atoms with van der Waals surface area (Å²) < 4.78 is 0. The van der Waals surface area contributed by atoms with Crippen molar-refractivity contribution < 1.29 is 0 Å². The minimum absolute atomic E-state index is 0.448. The molecule has 0 nitrogen and oxygen atoms in total.